The van der Waals surface area contributed by atoms with Crippen molar-refractivity contribution in [3.8, 4) is 0 Å². The Morgan fingerprint density at radius 2 is 2.07 bits per heavy atom. The fourth-order valence-electron chi connectivity index (χ4n) is 0.814. The number of nitrogen functional groups attached to an aromatic ring is 1. The Hall–Kier alpha value is -1.02. The summed E-state index contributed by atoms with van der Waals surface area (Å²) < 4.78 is 22.4. The number of aromatic nitrogens is 3. The standard InChI is InChI=1S/C6H10N4O2S2/c1-3(14(2,11)12)4-8-5(7)10-6(13)9-4/h3H,1-2H3,(H3,7,8,9,10,13). The van der Waals surface area contributed by atoms with Crippen molar-refractivity contribution < 1.29 is 8.42 Å². The van der Waals surface area contributed by atoms with Crippen molar-refractivity contribution in [2.75, 3.05) is 12.0 Å². The molecule has 1 aromatic heterocycles. The lowest BCUT2D eigenvalue weighted by molar-refractivity contribution is 0.589. The molecule has 1 aromatic rings. The zero-order valence-corrected chi connectivity index (χ0v) is 9.32. The van der Waals surface area contributed by atoms with Gasteiger partial charge < -0.3 is 10.7 Å². The van der Waals surface area contributed by atoms with Crippen molar-refractivity contribution >= 4 is 28.0 Å². The maximum atomic E-state index is 11.2. The van der Waals surface area contributed by atoms with Crippen molar-refractivity contribution in [3.63, 3.8) is 0 Å². The van der Waals surface area contributed by atoms with Gasteiger partial charge in [-0.2, -0.15) is 4.98 Å². The van der Waals surface area contributed by atoms with Crippen LogP contribution in [0.15, 0.2) is 0 Å². The molecule has 1 heterocycles. The number of nitrogens with two attached hydrogens (primary N) is 1. The van der Waals surface area contributed by atoms with Crippen LogP contribution in [0.2, 0.25) is 0 Å². The van der Waals surface area contributed by atoms with E-state index < -0.39 is 15.1 Å². The highest BCUT2D eigenvalue weighted by atomic mass is 32.2. The summed E-state index contributed by atoms with van der Waals surface area (Å²) in [4.78, 5) is 9.98. The zero-order valence-electron chi connectivity index (χ0n) is 7.68. The van der Waals surface area contributed by atoms with Crippen molar-refractivity contribution in [2.45, 2.75) is 12.2 Å². The number of anilines is 1. The highest BCUT2D eigenvalue weighted by Crippen LogP contribution is 2.16. The molecule has 6 nitrogen and oxygen atoms in total. The molecular formula is C6H10N4O2S2. The van der Waals surface area contributed by atoms with E-state index in [1.54, 1.807) is 0 Å². The Kier molecular flexibility index (Phi) is 2.86. The SMILES string of the molecule is CC(c1nc(=S)nc(N)[nH]1)S(C)(=O)=O. The lowest BCUT2D eigenvalue weighted by Crippen LogP contribution is -2.13. The van der Waals surface area contributed by atoms with Crippen LogP contribution in [0.4, 0.5) is 5.95 Å². The predicted octanol–water partition coefficient (Wildman–Crippen LogP) is 0.222. The molecule has 14 heavy (non-hydrogen) atoms. The molecule has 8 heteroatoms. The van der Waals surface area contributed by atoms with E-state index in [9.17, 15) is 8.42 Å². The predicted molar refractivity (Wildman–Crippen MR) is 54.9 cm³/mol. The van der Waals surface area contributed by atoms with Crippen LogP contribution >= 0.6 is 12.2 Å². The fraction of sp³-hybridized carbons (Fsp3) is 0.500. The van der Waals surface area contributed by atoms with Crippen LogP contribution in [0.5, 0.6) is 0 Å². The molecule has 3 N–H and O–H groups in total. The molecule has 0 aromatic carbocycles. The molecule has 0 aliphatic rings. The Balaban J connectivity index is 3.27. The minimum absolute atomic E-state index is 0.0340. The molecule has 78 valence electrons. The van der Waals surface area contributed by atoms with Crippen molar-refractivity contribution in [3.05, 3.63) is 10.6 Å². The first kappa shape index (κ1) is 11.1. The van der Waals surface area contributed by atoms with Gasteiger partial charge in [-0.25, -0.2) is 13.4 Å². The molecule has 0 saturated heterocycles. The van der Waals surface area contributed by atoms with Gasteiger partial charge in [-0.1, -0.05) is 0 Å². The van der Waals surface area contributed by atoms with Gasteiger partial charge >= 0.3 is 0 Å². The number of nitrogens with one attached hydrogen (secondary N) is 1. The molecule has 0 bridgehead atoms. The molecular weight excluding hydrogens is 224 g/mol. The van der Waals surface area contributed by atoms with Crippen LogP contribution in [-0.2, 0) is 9.84 Å². The minimum atomic E-state index is -3.21. The van der Waals surface area contributed by atoms with Crippen LogP contribution in [0.25, 0.3) is 0 Å². The Labute approximate surface area is 86.5 Å². The van der Waals surface area contributed by atoms with Crippen LogP contribution in [0.3, 0.4) is 0 Å². The van der Waals surface area contributed by atoms with Crippen molar-refractivity contribution in [1.82, 2.24) is 15.0 Å². The maximum Gasteiger partial charge on any atom is 0.224 e. The Bertz CT molecular complexity index is 493. The number of sulfone groups is 1. The average Bonchev–Trinajstić information content (AvgIpc) is 1.99. The van der Waals surface area contributed by atoms with Gasteiger partial charge in [-0.15, -0.1) is 0 Å². The van der Waals surface area contributed by atoms with E-state index in [1.165, 1.54) is 6.92 Å². The second-order valence-electron chi connectivity index (χ2n) is 2.87. The third-order valence-electron chi connectivity index (χ3n) is 1.72. The maximum absolute atomic E-state index is 11.2. The highest BCUT2D eigenvalue weighted by Gasteiger charge is 2.19. The van der Waals surface area contributed by atoms with Crippen molar-refractivity contribution in [1.29, 1.82) is 0 Å². The van der Waals surface area contributed by atoms with Crippen molar-refractivity contribution in [2.24, 2.45) is 0 Å². The number of hydrogen-bond donors (Lipinski definition) is 2. The van der Waals surface area contributed by atoms with Crippen LogP contribution in [0, 0.1) is 4.77 Å². The number of nitrogens with zero attached hydrogens (tertiary/aromatic N) is 2. The van der Waals surface area contributed by atoms with Gasteiger partial charge in [0.1, 0.15) is 11.1 Å². The minimum Gasteiger partial charge on any atom is -0.369 e. The van der Waals surface area contributed by atoms with Gasteiger partial charge in [0.25, 0.3) is 0 Å². The first-order chi connectivity index (χ1) is 6.30. The number of H-pyrrole nitrogens is 1. The first-order valence-electron chi connectivity index (χ1n) is 3.73. The molecule has 0 aliphatic heterocycles. The summed E-state index contributed by atoms with van der Waals surface area (Å²) in [6, 6.07) is 0. The summed E-state index contributed by atoms with van der Waals surface area (Å²) in [5, 5.41) is -0.769. The van der Waals surface area contributed by atoms with Crippen LogP contribution in [0.1, 0.15) is 18.0 Å². The average molecular weight is 234 g/mol. The molecule has 0 spiro atoms. The van der Waals surface area contributed by atoms with E-state index >= 15 is 0 Å². The third kappa shape index (κ3) is 2.48. The summed E-state index contributed by atoms with van der Waals surface area (Å²) in [5.41, 5.74) is 5.37. The van der Waals surface area contributed by atoms with Crippen LogP contribution < -0.4 is 5.73 Å². The smallest absolute Gasteiger partial charge is 0.224 e. The normalized spacial score (nSPS) is 13.9. The largest absolute Gasteiger partial charge is 0.369 e. The summed E-state index contributed by atoms with van der Waals surface area (Å²) in [7, 11) is -3.21. The van der Waals surface area contributed by atoms with E-state index in [0.29, 0.717) is 0 Å². The number of hydrogen-bond acceptors (Lipinski definition) is 6. The fourth-order valence-corrected chi connectivity index (χ4v) is 1.53. The second-order valence-corrected chi connectivity index (χ2v) is 5.60. The topological polar surface area (TPSA) is 102 Å². The molecule has 0 saturated carbocycles. The lowest BCUT2D eigenvalue weighted by atomic mass is 10.4. The van der Waals surface area contributed by atoms with E-state index in [2.05, 4.69) is 15.0 Å². The monoisotopic (exact) mass is 234 g/mol. The molecule has 0 radical (unpaired) electrons. The third-order valence-corrected chi connectivity index (χ3v) is 3.41. The summed E-state index contributed by atoms with van der Waals surface area (Å²) in [6.45, 7) is 1.50. The van der Waals surface area contributed by atoms with E-state index in [4.69, 9.17) is 18.0 Å². The molecule has 0 fully saturated rings. The number of rotatable bonds is 2. The van der Waals surface area contributed by atoms with Crippen LogP contribution in [-0.4, -0.2) is 29.6 Å². The summed E-state index contributed by atoms with van der Waals surface area (Å²) in [6.07, 6.45) is 1.12. The zero-order chi connectivity index (χ0) is 10.9. The van der Waals surface area contributed by atoms with Gasteiger partial charge in [0, 0.05) is 6.26 Å². The molecule has 1 rings (SSSR count). The number of aromatic amines is 1. The second kappa shape index (κ2) is 3.62. The highest BCUT2D eigenvalue weighted by molar-refractivity contribution is 7.90. The van der Waals surface area contributed by atoms with Gasteiger partial charge in [0.2, 0.25) is 10.7 Å². The summed E-state index contributed by atoms with van der Waals surface area (Å²) in [5.74, 6) is 0.278. The lowest BCUT2D eigenvalue weighted by Gasteiger charge is -2.08. The molecule has 0 aliphatic carbocycles. The quantitative estimate of drug-likeness (QED) is 0.710. The van der Waals surface area contributed by atoms with Gasteiger partial charge in [-0.3, -0.25) is 0 Å². The molecule has 1 atom stereocenters. The van der Waals surface area contributed by atoms with E-state index in [1.807, 2.05) is 0 Å². The van der Waals surface area contributed by atoms with Gasteiger partial charge in [0.15, 0.2) is 9.84 Å². The van der Waals surface area contributed by atoms with E-state index in [0.717, 1.165) is 6.26 Å². The first-order valence-corrected chi connectivity index (χ1v) is 6.09. The molecule has 1 unspecified atom stereocenters. The molecule has 0 amide bonds. The van der Waals surface area contributed by atoms with Gasteiger partial charge in [-0.05, 0) is 19.1 Å². The Morgan fingerprint density at radius 3 is 2.50 bits per heavy atom. The van der Waals surface area contributed by atoms with Gasteiger partial charge in [0.05, 0.1) is 0 Å². The summed E-state index contributed by atoms with van der Waals surface area (Å²) >= 11 is 4.71. The Morgan fingerprint density at radius 1 is 1.50 bits per heavy atom. The van der Waals surface area contributed by atoms with E-state index in [-0.39, 0.29) is 16.5 Å².